The maximum Gasteiger partial charge on any atom is 0.269 e. The predicted octanol–water partition coefficient (Wildman–Crippen LogP) is 2.98. The Morgan fingerprint density at radius 3 is 2.65 bits per heavy atom. The van der Waals surface area contributed by atoms with Crippen LogP contribution in [0, 0.1) is 16.0 Å². The van der Waals surface area contributed by atoms with Crippen molar-refractivity contribution in [3.8, 4) is 0 Å². The molecule has 0 spiro atoms. The summed E-state index contributed by atoms with van der Waals surface area (Å²) in [7, 11) is 0. The molecule has 1 aromatic rings. The fraction of sp³-hybridized carbons (Fsp3) is 0.533. The van der Waals surface area contributed by atoms with Crippen molar-refractivity contribution < 1.29 is 9.66 Å². The van der Waals surface area contributed by atoms with Crippen LogP contribution in [0.5, 0.6) is 0 Å². The van der Waals surface area contributed by atoms with Crippen LogP contribution in [0.3, 0.4) is 0 Å². The smallest absolute Gasteiger partial charge is 0.269 e. The molecule has 0 atom stereocenters. The van der Waals surface area contributed by atoms with Gasteiger partial charge in [0.1, 0.15) is 0 Å². The Morgan fingerprint density at radius 2 is 2.05 bits per heavy atom. The van der Waals surface area contributed by atoms with Crippen LogP contribution < -0.4 is 4.90 Å². The molecule has 0 aromatic heterocycles. The number of aryl methyl sites for hydroxylation is 1. The molecule has 1 heterocycles. The zero-order chi connectivity index (χ0) is 14.5. The zero-order valence-electron chi connectivity index (χ0n) is 12.1. The lowest BCUT2D eigenvalue weighted by molar-refractivity contribution is -0.384. The molecule has 0 amide bonds. The van der Waals surface area contributed by atoms with Crippen molar-refractivity contribution in [1.82, 2.24) is 0 Å². The van der Waals surface area contributed by atoms with E-state index in [4.69, 9.17) is 4.74 Å². The molecule has 2 rings (SSSR count). The summed E-state index contributed by atoms with van der Waals surface area (Å²) in [5.41, 5.74) is 2.34. The molecule has 1 aromatic carbocycles. The average Bonchev–Trinajstić information content (AvgIpc) is 2.45. The number of nitro groups is 1. The van der Waals surface area contributed by atoms with Crippen molar-refractivity contribution in [3.63, 3.8) is 0 Å². The lowest BCUT2D eigenvalue weighted by Crippen LogP contribution is -2.36. The van der Waals surface area contributed by atoms with Gasteiger partial charge in [-0.1, -0.05) is 13.8 Å². The molecule has 0 N–H and O–H groups in total. The van der Waals surface area contributed by atoms with Crippen molar-refractivity contribution >= 4 is 11.4 Å². The SMILES string of the molecule is C[C](C)CCc1cc([N+](=O)[O-])ccc1N1CCOCC1. The van der Waals surface area contributed by atoms with Gasteiger partial charge in [0.15, 0.2) is 0 Å². The molecule has 1 aliphatic rings. The molecular formula is C15H21N2O3. The third-order valence-electron chi connectivity index (χ3n) is 3.52. The fourth-order valence-corrected chi connectivity index (χ4v) is 2.38. The Bertz CT molecular complexity index is 468. The molecule has 1 radical (unpaired) electrons. The van der Waals surface area contributed by atoms with Crippen LogP contribution in [-0.2, 0) is 11.2 Å². The van der Waals surface area contributed by atoms with Crippen LogP contribution in [0.4, 0.5) is 11.4 Å². The van der Waals surface area contributed by atoms with Crippen LogP contribution in [0.25, 0.3) is 0 Å². The number of ether oxygens (including phenoxy) is 1. The summed E-state index contributed by atoms with van der Waals surface area (Å²) < 4.78 is 5.37. The number of anilines is 1. The Labute approximate surface area is 119 Å². The first-order valence-corrected chi connectivity index (χ1v) is 6.97. The van der Waals surface area contributed by atoms with Crippen molar-refractivity contribution in [2.24, 2.45) is 0 Å². The number of hydrogen-bond donors (Lipinski definition) is 0. The summed E-state index contributed by atoms with van der Waals surface area (Å²) >= 11 is 0. The number of rotatable bonds is 5. The molecule has 20 heavy (non-hydrogen) atoms. The number of benzene rings is 1. The second-order valence-corrected chi connectivity index (χ2v) is 5.38. The van der Waals surface area contributed by atoms with Crippen LogP contribution in [0.1, 0.15) is 25.8 Å². The van der Waals surface area contributed by atoms with Gasteiger partial charge in [0.2, 0.25) is 0 Å². The molecular weight excluding hydrogens is 256 g/mol. The Hall–Kier alpha value is -1.62. The van der Waals surface area contributed by atoms with Gasteiger partial charge in [-0.25, -0.2) is 0 Å². The molecule has 0 saturated carbocycles. The second kappa shape index (κ2) is 6.70. The number of hydrogen-bond acceptors (Lipinski definition) is 4. The average molecular weight is 277 g/mol. The maximum absolute atomic E-state index is 10.9. The van der Waals surface area contributed by atoms with Crippen LogP contribution in [0.2, 0.25) is 0 Å². The summed E-state index contributed by atoms with van der Waals surface area (Å²) in [5, 5.41) is 10.9. The van der Waals surface area contributed by atoms with Gasteiger partial charge in [-0.3, -0.25) is 10.1 Å². The first kappa shape index (κ1) is 14.8. The standard InChI is InChI=1S/C15H21N2O3/c1-12(2)3-4-13-11-14(17(18)19)5-6-15(13)16-7-9-20-10-8-16/h5-6,11H,3-4,7-10H2,1-2H3. The Morgan fingerprint density at radius 1 is 1.35 bits per heavy atom. The first-order valence-electron chi connectivity index (χ1n) is 6.97. The minimum Gasteiger partial charge on any atom is -0.378 e. The highest BCUT2D eigenvalue weighted by molar-refractivity contribution is 5.58. The summed E-state index contributed by atoms with van der Waals surface area (Å²) in [4.78, 5) is 12.9. The Balaban J connectivity index is 2.25. The molecule has 0 bridgehead atoms. The van der Waals surface area contributed by atoms with E-state index in [0.29, 0.717) is 0 Å². The topological polar surface area (TPSA) is 55.6 Å². The maximum atomic E-state index is 10.9. The van der Waals surface area contributed by atoms with Crippen molar-refractivity contribution in [2.45, 2.75) is 26.7 Å². The van der Waals surface area contributed by atoms with Crippen molar-refractivity contribution in [2.75, 3.05) is 31.2 Å². The van der Waals surface area contributed by atoms with Crippen LogP contribution in [-0.4, -0.2) is 31.2 Å². The largest absolute Gasteiger partial charge is 0.378 e. The molecule has 5 nitrogen and oxygen atoms in total. The van der Waals surface area contributed by atoms with Gasteiger partial charge >= 0.3 is 0 Å². The molecule has 5 heteroatoms. The highest BCUT2D eigenvalue weighted by Crippen LogP contribution is 2.28. The Kier molecular flexibility index (Phi) is 4.95. The highest BCUT2D eigenvalue weighted by atomic mass is 16.6. The van der Waals surface area contributed by atoms with E-state index in [0.717, 1.165) is 50.4 Å². The van der Waals surface area contributed by atoms with Crippen LogP contribution >= 0.6 is 0 Å². The fourth-order valence-electron chi connectivity index (χ4n) is 2.38. The quantitative estimate of drug-likeness (QED) is 0.613. The third-order valence-corrected chi connectivity index (χ3v) is 3.52. The minimum absolute atomic E-state index is 0.172. The zero-order valence-corrected chi connectivity index (χ0v) is 12.1. The van der Waals surface area contributed by atoms with E-state index in [1.54, 1.807) is 12.1 Å². The lowest BCUT2D eigenvalue weighted by Gasteiger charge is -2.30. The van der Waals surface area contributed by atoms with Gasteiger partial charge in [-0.15, -0.1) is 0 Å². The van der Waals surface area contributed by atoms with Crippen molar-refractivity contribution in [3.05, 3.63) is 39.8 Å². The third kappa shape index (κ3) is 3.70. The van der Waals surface area contributed by atoms with E-state index >= 15 is 0 Å². The number of nitro benzene ring substituents is 1. The first-order chi connectivity index (χ1) is 9.58. The molecule has 109 valence electrons. The number of morpholine rings is 1. The summed E-state index contributed by atoms with van der Waals surface area (Å²) in [5.74, 6) is 1.34. The predicted molar refractivity (Wildman–Crippen MR) is 79.0 cm³/mol. The monoisotopic (exact) mass is 277 g/mol. The van der Waals surface area contributed by atoms with Gasteiger partial charge in [0.25, 0.3) is 5.69 Å². The molecule has 1 aliphatic heterocycles. The van der Waals surface area contributed by atoms with Crippen LogP contribution in [0.15, 0.2) is 18.2 Å². The summed E-state index contributed by atoms with van der Waals surface area (Å²) in [6.45, 7) is 7.31. The van der Waals surface area contributed by atoms with E-state index in [2.05, 4.69) is 18.7 Å². The van der Waals surface area contributed by atoms with Crippen molar-refractivity contribution in [1.29, 1.82) is 0 Å². The number of nitrogens with zero attached hydrogens (tertiary/aromatic N) is 2. The summed E-state index contributed by atoms with van der Waals surface area (Å²) in [6.07, 6.45) is 1.80. The van der Waals surface area contributed by atoms with Gasteiger partial charge in [-0.2, -0.15) is 0 Å². The van der Waals surface area contributed by atoms with E-state index in [9.17, 15) is 10.1 Å². The number of non-ortho nitro benzene ring substituents is 1. The normalized spacial score (nSPS) is 15.7. The lowest BCUT2D eigenvalue weighted by atomic mass is 10.00. The highest BCUT2D eigenvalue weighted by Gasteiger charge is 2.17. The van der Waals surface area contributed by atoms with Gasteiger partial charge < -0.3 is 9.64 Å². The van der Waals surface area contributed by atoms with E-state index in [-0.39, 0.29) is 10.6 Å². The van der Waals surface area contributed by atoms with E-state index < -0.39 is 0 Å². The molecule has 1 fully saturated rings. The van der Waals surface area contributed by atoms with E-state index in [1.807, 2.05) is 6.07 Å². The van der Waals surface area contributed by atoms with Gasteiger partial charge in [0, 0.05) is 30.9 Å². The molecule has 0 unspecified atom stereocenters. The van der Waals surface area contributed by atoms with Gasteiger partial charge in [-0.05, 0) is 30.4 Å². The van der Waals surface area contributed by atoms with Gasteiger partial charge in [0.05, 0.1) is 18.1 Å². The van der Waals surface area contributed by atoms with E-state index in [1.165, 1.54) is 5.92 Å². The second-order valence-electron chi connectivity index (χ2n) is 5.38. The minimum atomic E-state index is -0.324. The molecule has 0 aliphatic carbocycles. The molecule has 1 saturated heterocycles. The summed E-state index contributed by atoms with van der Waals surface area (Å²) in [6, 6.07) is 5.19.